The van der Waals surface area contributed by atoms with Crippen molar-refractivity contribution >= 4 is 40.8 Å². The number of nitrogens with one attached hydrogen (secondary N) is 1. The minimum absolute atomic E-state index is 0.0768. The van der Waals surface area contributed by atoms with Crippen molar-refractivity contribution in [3.63, 3.8) is 0 Å². The first-order valence-corrected chi connectivity index (χ1v) is 15.9. The van der Waals surface area contributed by atoms with Crippen molar-refractivity contribution in [1.29, 1.82) is 0 Å². The predicted octanol–water partition coefficient (Wildman–Crippen LogP) is 7.92. The molecule has 6 nitrogen and oxygen atoms in total. The fourth-order valence-electron chi connectivity index (χ4n) is 5.04. The van der Waals surface area contributed by atoms with Crippen molar-refractivity contribution < 1.29 is 22.6 Å². The van der Waals surface area contributed by atoms with Gasteiger partial charge in [0, 0.05) is 41.8 Å². The number of thioether (sulfide) groups is 2. The summed E-state index contributed by atoms with van der Waals surface area (Å²) in [5.74, 6) is 1.66. The van der Waals surface area contributed by atoms with Crippen LogP contribution in [0.15, 0.2) is 70.6 Å². The highest BCUT2D eigenvalue weighted by atomic mass is 35.5. The Morgan fingerprint density at radius 1 is 1.02 bits per heavy atom. The lowest BCUT2D eigenvalue weighted by Gasteiger charge is -2.30. The highest BCUT2D eigenvalue weighted by molar-refractivity contribution is 7.99. The van der Waals surface area contributed by atoms with E-state index in [0.717, 1.165) is 11.1 Å². The number of ether oxygens (including phenoxy) is 2. The maximum atomic E-state index is 14.5. The van der Waals surface area contributed by atoms with E-state index in [4.69, 9.17) is 21.1 Å². The Kier molecular flexibility index (Phi) is 9.53. The Balaban J connectivity index is 1.58. The Morgan fingerprint density at radius 3 is 2.12 bits per heavy atom. The van der Waals surface area contributed by atoms with Crippen molar-refractivity contribution in [3.05, 3.63) is 110 Å². The van der Waals surface area contributed by atoms with Crippen LogP contribution in [-0.2, 0) is 31.4 Å². The van der Waals surface area contributed by atoms with E-state index in [1.807, 2.05) is 53.4 Å². The highest BCUT2D eigenvalue weighted by Crippen LogP contribution is 2.48. The third kappa shape index (κ3) is 7.11. The number of aromatic nitrogens is 2. The van der Waals surface area contributed by atoms with Gasteiger partial charge in [-0.3, -0.25) is 4.79 Å². The zero-order chi connectivity index (χ0) is 30.7. The summed E-state index contributed by atoms with van der Waals surface area (Å²) in [5.41, 5.74) is 2.41. The molecule has 1 aromatic heterocycles. The molecule has 4 aromatic rings. The molecular weight excluding hydrogens is 619 g/mol. The van der Waals surface area contributed by atoms with Crippen molar-refractivity contribution in [3.8, 4) is 11.5 Å². The van der Waals surface area contributed by atoms with Gasteiger partial charge < -0.3 is 19.4 Å². The number of nitrogens with zero attached hydrogens (tertiary/aromatic N) is 2. The standard InChI is InChI=1S/C31H29ClF3N3O3S2/c1-40-21-8-4-18(5-9-21)15-38(16-19-6-10-22(41-2)11-7-19)20-12-23(28(25(32)13-20)31(33,34)35)27-14-26-24(17-43-27)29(39)37-30(36-26)42-3/h4-13,27H,14-17H2,1-3H3,(H,36,37,39). The molecular formula is C31H29ClF3N3O3S2. The van der Waals surface area contributed by atoms with Crippen LogP contribution in [0.3, 0.4) is 0 Å². The molecule has 1 N–H and O–H groups in total. The van der Waals surface area contributed by atoms with Crippen LogP contribution < -0.4 is 19.9 Å². The molecule has 1 aliphatic rings. The number of fused-ring (bicyclic) bond motifs is 1. The molecule has 0 bridgehead atoms. The quantitative estimate of drug-likeness (QED) is 0.146. The Bertz CT molecular complexity index is 1600. The van der Waals surface area contributed by atoms with Gasteiger partial charge in [-0.2, -0.15) is 13.2 Å². The summed E-state index contributed by atoms with van der Waals surface area (Å²) in [6.45, 7) is 0.817. The van der Waals surface area contributed by atoms with Gasteiger partial charge >= 0.3 is 6.18 Å². The van der Waals surface area contributed by atoms with Gasteiger partial charge in [0.2, 0.25) is 0 Å². The van der Waals surface area contributed by atoms with E-state index < -0.39 is 17.0 Å². The normalized spacial score (nSPS) is 14.7. The second kappa shape index (κ2) is 13.2. The SMILES string of the molecule is COc1ccc(CN(Cc2ccc(OC)cc2)c2cc(Cl)c(C(F)(F)F)c(C3Cc4nc(SC)[nH]c(=O)c4CS3)c2)cc1. The largest absolute Gasteiger partial charge is 0.497 e. The first-order chi connectivity index (χ1) is 20.6. The van der Waals surface area contributed by atoms with Crippen LogP contribution in [0.5, 0.6) is 11.5 Å². The summed E-state index contributed by atoms with van der Waals surface area (Å²) in [7, 11) is 3.18. The number of hydrogen-bond acceptors (Lipinski definition) is 7. The average molecular weight is 648 g/mol. The number of hydrogen-bond donors (Lipinski definition) is 1. The molecule has 0 saturated heterocycles. The monoisotopic (exact) mass is 647 g/mol. The lowest BCUT2D eigenvalue weighted by molar-refractivity contribution is -0.138. The van der Waals surface area contributed by atoms with Crippen LogP contribution in [0.1, 0.15) is 38.8 Å². The van der Waals surface area contributed by atoms with Crippen LogP contribution in [0.4, 0.5) is 18.9 Å². The summed E-state index contributed by atoms with van der Waals surface area (Å²) in [4.78, 5) is 21.8. The van der Waals surface area contributed by atoms with Crippen LogP contribution >= 0.6 is 35.1 Å². The fraction of sp³-hybridized carbons (Fsp3) is 0.290. The van der Waals surface area contributed by atoms with E-state index in [1.165, 1.54) is 29.6 Å². The molecule has 43 heavy (non-hydrogen) atoms. The molecule has 1 atom stereocenters. The maximum absolute atomic E-state index is 14.5. The second-order valence-electron chi connectivity index (χ2n) is 9.95. The third-order valence-electron chi connectivity index (χ3n) is 7.25. The van der Waals surface area contributed by atoms with Crippen molar-refractivity contribution in [2.45, 2.75) is 41.8 Å². The molecule has 0 amide bonds. The Labute approximate surface area is 261 Å². The average Bonchev–Trinajstić information content (AvgIpc) is 3.00. The second-order valence-corrected chi connectivity index (χ2v) is 12.3. The van der Waals surface area contributed by atoms with Gasteiger partial charge in [0.05, 0.1) is 30.5 Å². The van der Waals surface area contributed by atoms with E-state index in [0.29, 0.717) is 46.7 Å². The minimum Gasteiger partial charge on any atom is -0.497 e. The molecule has 0 fully saturated rings. The topological polar surface area (TPSA) is 67.5 Å². The lowest BCUT2D eigenvalue weighted by atomic mass is 9.97. The first kappa shape index (κ1) is 31.2. The number of methoxy groups -OCH3 is 2. The molecule has 3 aromatic carbocycles. The summed E-state index contributed by atoms with van der Waals surface area (Å²) >= 11 is 9.05. The lowest BCUT2D eigenvalue weighted by Crippen LogP contribution is -2.25. The van der Waals surface area contributed by atoms with Gasteiger partial charge in [-0.15, -0.1) is 11.8 Å². The van der Waals surface area contributed by atoms with E-state index in [-0.39, 0.29) is 28.3 Å². The number of halogens is 4. The van der Waals surface area contributed by atoms with Gasteiger partial charge in [-0.25, -0.2) is 4.98 Å². The molecule has 1 aliphatic heterocycles. The molecule has 226 valence electrons. The first-order valence-electron chi connectivity index (χ1n) is 13.3. The fourth-order valence-corrected chi connectivity index (χ4v) is 7.07. The summed E-state index contributed by atoms with van der Waals surface area (Å²) in [5, 5.41) is -0.540. The van der Waals surface area contributed by atoms with Crippen LogP contribution in [0, 0.1) is 0 Å². The van der Waals surface area contributed by atoms with Crippen LogP contribution in [-0.4, -0.2) is 30.4 Å². The molecule has 0 saturated carbocycles. The van der Waals surface area contributed by atoms with Gasteiger partial charge in [-0.05, 0) is 59.3 Å². The Morgan fingerprint density at radius 2 is 1.60 bits per heavy atom. The number of benzene rings is 3. The molecule has 0 radical (unpaired) electrons. The molecule has 1 unspecified atom stereocenters. The van der Waals surface area contributed by atoms with Crippen molar-refractivity contribution in [2.75, 3.05) is 25.4 Å². The minimum atomic E-state index is -4.67. The van der Waals surface area contributed by atoms with E-state index >= 15 is 0 Å². The zero-order valence-electron chi connectivity index (χ0n) is 23.6. The van der Waals surface area contributed by atoms with E-state index in [1.54, 1.807) is 26.5 Å². The number of anilines is 1. The van der Waals surface area contributed by atoms with E-state index in [2.05, 4.69) is 9.97 Å². The molecule has 0 aliphatic carbocycles. The third-order valence-corrected chi connectivity index (χ3v) is 9.40. The van der Waals surface area contributed by atoms with Gasteiger partial charge in [0.25, 0.3) is 5.56 Å². The van der Waals surface area contributed by atoms with Crippen LogP contribution in [0.2, 0.25) is 5.02 Å². The highest BCUT2D eigenvalue weighted by Gasteiger charge is 2.40. The summed E-state index contributed by atoms with van der Waals surface area (Å²) in [6, 6.07) is 18.1. The smallest absolute Gasteiger partial charge is 0.418 e. The van der Waals surface area contributed by atoms with Crippen LogP contribution in [0.25, 0.3) is 0 Å². The Hall–Kier alpha value is -3.28. The number of rotatable bonds is 9. The number of H-pyrrole nitrogens is 1. The van der Waals surface area contributed by atoms with E-state index in [9.17, 15) is 18.0 Å². The number of aromatic amines is 1. The number of alkyl halides is 3. The summed E-state index contributed by atoms with van der Waals surface area (Å²) in [6.07, 6.45) is -2.71. The molecule has 2 heterocycles. The molecule has 0 spiro atoms. The van der Waals surface area contributed by atoms with Crippen molar-refractivity contribution in [1.82, 2.24) is 9.97 Å². The molecule has 5 rings (SSSR count). The predicted molar refractivity (Wildman–Crippen MR) is 167 cm³/mol. The van der Waals surface area contributed by atoms with Gasteiger partial charge in [0.1, 0.15) is 11.5 Å². The van der Waals surface area contributed by atoms with Gasteiger partial charge in [-0.1, -0.05) is 47.6 Å². The van der Waals surface area contributed by atoms with Crippen molar-refractivity contribution in [2.24, 2.45) is 0 Å². The van der Waals surface area contributed by atoms with Gasteiger partial charge in [0.15, 0.2) is 5.16 Å². The summed E-state index contributed by atoms with van der Waals surface area (Å²) < 4.78 is 54.1. The maximum Gasteiger partial charge on any atom is 0.418 e. The zero-order valence-corrected chi connectivity index (χ0v) is 26.0. The molecule has 12 heteroatoms.